The molecule has 4 N–H and O–H groups in total. The predicted molar refractivity (Wildman–Crippen MR) is 69.2 cm³/mol. The van der Waals surface area contributed by atoms with E-state index >= 15 is 0 Å². The number of nitrogens with two attached hydrogens (primary N) is 1. The Morgan fingerprint density at radius 2 is 2.40 bits per heavy atom. The van der Waals surface area contributed by atoms with Crippen molar-refractivity contribution in [3.63, 3.8) is 0 Å². The molecule has 7 nitrogen and oxygen atoms in total. The zero-order chi connectivity index (χ0) is 14.9. The third kappa shape index (κ3) is 2.31. The molecule has 20 heavy (non-hydrogen) atoms. The van der Waals surface area contributed by atoms with Crippen LogP contribution in [0.2, 0.25) is 0 Å². The highest BCUT2D eigenvalue weighted by molar-refractivity contribution is 5.92. The number of hydrogen-bond acceptors (Lipinski definition) is 7. The average molecular weight is 287 g/mol. The van der Waals surface area contributed by atoms with E-state index in [4.69, 9.17) is 15.2 Å². The van der Waals surface area contributed by atoms with Gasteiger partial charge in [0.25, 0.3) is 0 Å². The zero-order valence-corrected chi connectivity index (χ0v) is 11.1. The Kier molecular flexibility index (Phi) is 4.09. The number of ether oxygens (including phenoxy) is 2. The standard InChI is InChI=1S/C12H18FN3O4/c1-7-15-8(14)3-4-16(7)11-9(13)10(18)12(5-17,20-11)6-19-2/h3-4,9-11,17-18H,1,5-6H2,2H3,(H2,14,15)/t9-,10+,11-,12+/m1/s1. The molecule has 0 aromatic heterocycles. The normalized spacial score (nSPS) is 37.4. The van der Waals surface area contributed by atoms with Crippen LogP contribution in [0.25, 0.3) is 0 Å². The fourth-order valence-electron chi connectivity index (χ4n) is 2.29. The number of amidine groups is 1. The zero-order valence-electron chi connectivity index (χ0n) is 11.1. The molecule has 0 amide bonds. The van der Waals surface area contributed by atoms with Gasteiger partial charge in [0, 0.05) is 13.3 Å². The number of rotatable bonds is 4. The number of halogens is 1. The van der Waals surface area contributed by atoms with Crippen molar-refractivity contribution < 1.29 is 24.1 Å². The van der Waals surface area contributed by atoms with E-state index in [9.17, 15) is 14.6 Å². The first-order chi connectivity index (χ1) is 9.45. The molecule has 0 unspecified atom stereocenters. The Morgan fingerprint density at radius 1 is 1.70 bits per heavy atom. The number of aliphatic imine (C=N–C) groups is 1. The summed E-state index contributed by atoms with van der Waals surface area (Å²) in [6.07, 6.45) is -1.51. The average Bonchev–Trinajstić information content (AvgIpc) is 2.65. The van der Waals surface area contributed by atoms with Gasteiger partial charge in [-0.25, -0.2) is 9.38 Å². The van der Waals surface area contributed by atoms with Gasteiger partial charge in [-0.05, 0) is 6.08 Å². The van der Waals surface area contributed by atoms with Gasteiger partial charge >= 0.3 is 0 Å². The van der Waals surface area contributed by atoms with Crippen molar-refractivity contribution >= 4 is 5.84 Å². The largest absolute Gasteiger partial charge is 0.393 e. The Bertz CT molecular complexity index is 456. The Labute approximate surface area is 115 Å². The molecule has 1 fully saturated rings. The molecule has 2 aliphatic heterocycles. The molecule has 0 aliphatic carbocycles. The summed E-state index contributed by atoms with van der Waals surface area (Å²) < 4.78 is 24.7. The van der Waals surface area contributed by atoms with Crippen LogP contribution in [-0.2, 0) is 9.47 Å². The van der Waals surface area contributed by atoms with Gasteiger partial charge < -0.3 is 30.3 Å². The maximum absolute atomic E-state index is 14.3. The first-order valence-electron chi connectivity index (χ1n) is 6.04. The van der Waals surface area contributed by atoms with Crippen LogP contribution < -0.4 is 5.73 Å². The fourth-order valence-corrected chi connectivity index (χ4v) is 2.29. The third-order valence-electron chi connectivity index (χ3n) is 3.36. The second-order valence-corrected chi connectivity index (χ2v) is 4.73. The van der Waals surface area contributed by atoms with Crippen LogP contribution in [0.1, 0.15) is 0 Å². The summed E-state index contributed by atoms with van der Waals surface area (Å²) in [6.45, 7) is 2.94. The van der Waals surface area contributed by atoms with Crippen LogP contribution >= 0.6 is 0 Å². The molecule has 8 heteroatoms. The van der Waals surface area contributed by atoms with Crippen molar-refractivity contribution in [2.75, 3.05) is 20.3 Å². The molecule has 0 saturated carbocycles. The Morgan fingerprint density at radius 3 is 2.95 bits per heavy atom. The lowest BCUT2D eigenvalue weighted by Crippen LogP contribution is -2.49. The van der Waals surface area contributed by atoms with E-state index in [1.165, 1.54) is 24.3 Å². The van der Waals surface area contributed by atoms with Gasteiger partial charge in [-0.2, -0.15) is 0 Å². The van der Waals surface area contributed by atoms with Gasteiger partial charge in [-0.15, -0.1) is 0 Å². The SMILES string of the molecule is C=C1N=C(N)C=CN1[C@@H]1O[C@@](CO)(COC)[C@@H](O)[C@H]1F. The summed E-state index contributed by atoms with van der Waals surface area (Å²) in [5, 5.41) is 19.4. The van der Waals surface area contributed by atoms with E-state index in [0.29, 0.717) is 0 Å². The Balaban J connectivity index is 2.23. The predicted octanol–water partition coefficient (Wildman–Crippen LogP) is -0.923. The van der Waals surface area contributed by atoms with E-state index < -0.39 is 30.7 Å². The molecule has 0 bridgehead atoms. The number of hydrogen-bond donors (Lipinski definition) is 3. The summed E-state index contributed by atoms with van der Waals surface area (Å²) >= 11 is 0. The van der Waals surface area contributed by atoms with Crippen molar-refractivity contribution in [2.24, 2.45) is 10.7 Å². The number of alkyl halides is 1. The topological polar surface area (TPSA) is 101 Å². The molecular formula is C12H18FN3O4. The lowest BCUT2D eigenvalue weighted by Gasteiger charge is -2.32. The summed E-state index contributed by atoms with van der Waals surface area (Å²) in [7, 11) is 1.37. The van der Waals surface area contributed by atoms with Crippen molar-refractivity contribution in [1.82, 2.24) is 4.90 Å². The van der Waals surface area contributed by atoms with E-state index in [2.05, 4.69) is 11.6 Å². The second-order valence-electron chi connectivity index (χ2n) is 4.73. The minimum atomic E-state index is -1.76. The van der Waals surface area contributed by atoms with Crippen molar-refractivity contribution in [2.45, 2.75) is 24.1 Å². The van der Waals surface area contributed by atoms with Gasteiger partial charge in [0.15, 0.2) is 12.4 Å². The quantitative estimate of drug-likeness (QED) is 0.618. The second kappa shape index (κ2) is 5.49. The summed E-state index contributed by atoms with van der Waals surface area (Å²) in [5.41, 5.74) is 3.99. The van der Waals surface area contributed by atoms with E-state index in [-0.39, 0.29) is 18.3 Å². The maximum atomic E-state index is 14.3. The van der Waals surface area contributed by atoms with E-state index in [1.54, 1.807) is 0 Å². The highest BCUT2D eigenvalue weighted by Crippen LogP contribution is 2.36. The minimum absolute atomic E-state index is 0.142. The fraction of sp³-hybridized carbons (Fsp3) is 0.583. The van der Waals surface area contributed by atoms with Gasteiger partial charge in [0.1, 0.15) is 23.4 Å². The van der Waals surface area contributed by atoms with Crippen LogP contribution in [0.5, 0.6) is 0 Å². The maximum Gasteiger partial charge on any atom is 0.174 e. The van der Waals surface area contributed by atoms with Crippen LogP contribution in [0.15, 0.2) is 29.7 Å². The molecule has 2 rings (SSSR count). The minimum Gasteiger partial charge on any atom is -0.393 e. The number of methoxy groups -OCH3 is 1. The van der Waals surface area contributed by atoms with Crippen molar-refractivity contribution in [3.05, 3.63) is 24.7 Å². The van der Waals surface area contributed by atoms with Crippen molar-refractivity contribution in [3.8, 4) is 0 Å². The van der Waals surface area contributed by atoms with Gasteiger partial charge in [-0.3, -0.25) is 0 Å². The van der Waals surface area contributed by atoms with E-state index in [1.807, 2.05) is 0 Å². The molecule has 1 saturated heterocycles. The van der Waals surface area contributed by atoms with Gasteiger partial charge in [0.2, 0.25) is 0 Å². The molecule has 4 atom stereocenters. The molecular weight excluding hydrogens is 269 g/mol. The number of aliphatic hydroxyl groups excluding tert-OH is 2. The lowest BCUT2D eigenvalue weighted by atomic mass is 9.97. The molecule has 0 radical (unpaired) electrons. The van der Waals surface area contributed by atoms with Crippen LogP contribution in [-0.4, -0.2) is 65.4 Å². The van der Waals surface area contributed by atoms with E-state index in [0.717, 1.165) is 0 Å². The summed E-state index contributed by atoms with van der Waals surface area (Å²) in [4.78, 5) is 5.22. The van der Waals surface area contributed by atoms with Crippen LogP contribution in [0.4, 0.5) is 4.39 Å². The first kappa shape index (κ1) is 14.9. The molecule has 2 aliphatic rings. The third-order valence-corrected chi connectivity index (χ3v) is 3.36. The molecule has 0 spiro atoms. The van der Waals surface area contributed by atoms with Gasteiger partial charge in [-0.1, -0.05) is 6.58 Å². The lowest BCUT2D eigenvalue weighted by molar-refractivity contribution is -0.159. The van der Waals surface area contributed by atoms with Crippen LogP contribution in [0, 0.1) is 0 Å². The number of aliphatic hydroxyl groups is 2. The highest BCUT2D eigenvalue weighted by Gasteiger charge is 2.57. The van der Waals surface area contributed by atoms with Gasteiger partial charge in [0.05, 0.1) is 13.2 Å². The smallest absolute Gasteiger partial charge is 0.174 e. The summed E-state index contributed by atoms with van der Waals surface area (Å²) in [5.74, 6) is 0.432. The molecule has 0 aromatic carbocycles. The molecule has 0 aromatic rings. The molecule has 2 heterocycles. The number of nitrogens with zero attached hydrogens (tertiary/aromatic N) is 2. The Hall–Kier alpha value is -1.48. The van der Waals surface area contributed by atoms with Crippen LogP contribution in [0.3, 0.4) is 0 Å². The highest BCUT2D eigenvalue weighted by atomic mass is 19.1. The first-order valence-corrected chi connectivity index (χ1v) is 6.04. The molecule has 112 valence electrons. The summed E-state index contributed by atoms with van der Waals surface area (Å²) in [6, 6.07) is 0. The monoisotopic (exact) mass is 287 g/mol. The van der Waals surface area contributed by atoms with Crippen molar-refractivity contribution in [1.29, 1.82) is 0 Å².